The first kappa shape index (κ1) is 14.1. The van der Waals surface area contributed by atoms with Crippen LogP contribution in [0.4, 0.5) is 0 Å². The molecule has 2 aromatic rings. The highest BCUT2D eigenvalue weighted by Crippen LogP contribution is 2.34. The number of rotatable bonds is 3. The Bertz CT molecular complexity index is 660. The standard InChI is InChI=1S/C16H17ClN2O2/c17-13-8-4-5-9-14(13)19-10-12(16(20)21)15(18-19)11-6-2-1-3-7-11/h4-5,8-11H,1-3,6-7H2,(H,20,21). The van der Waals surface area contributed by atoms with Crippen molar-refractivity contribution < 1.29 is 9.90 Å². The molecule has 1 aromatic carbocycles. The molecular weight excluding hydrogens is 288 g/mol. The first-order chi connectivity index (χ1) is 10.2. The first-order valence-electron chi connectivity index (χ1n) is 7.24. The summed E-state index contributed by atoms with van der Waals surface area (Å²) in [6.07, 6.45) is 7.11. The van der Waals surface area contributed by atoms with Crippen molar-refractivity contribution in [2.75, 3.05) is 0 Å². The lowest BCUT2D eigenvalue weighted by Crippen LogP contribution is -2.10. The number of halogens is 1. The zero-order valence-corrected chi connectivity index (χ0v) is 12.4. The molecule has 0 amide bonds. The van der Waals surface area contributed by atoms with Gasteiger partial charge in [-0.15, -0.1) is 0 Å². The van der Waals surface area contributed by atoms with Crippen molar-refractivity contribution >= 4 is 17.6 Å². The number of aromatic carboxylic acids is 1. The molecule has 1 aliphatic carbocycles. The molecule has 0 aliphatic heterocycles. The minimum atomic E-state index is -0.922. The van der Waals surface area contributed by atoms with Crippen molar-refractivity contribution in [1.82, 2.24) is 9.78 Å². The molecule has 0 bridgehead atoms. The smallest absolute Gasteiger partial charge is 0.339 e. The molecule has 4 nitrogen and oxygen atoms in total. The van der Waals surface area contributed by atoms with Gasteiger partial charge in [-0.3, -0.25) is 0 Å². The van der Waals surface area contributed by atoms with E-state index in [1.165, 1.54) is 6.42 Å². The molecule has 1 aromatic heterocycles. The molecule has 0 unspecified atom stereocenters. The SMILES string of the molecule is O=C(O)c1cn(-c2ccccc2Cl)nc1C1CCCCC1. The van der Waals surface area contributed by atoms with Crippen molar-refractivity contribution in [2.45, 2.75) is 38.0 Å². The number of carbonyl (C=O) groups is 1. The van der Waals surface area contributed by atoms with Gasteiger partial charge in [0.1, 0.15) is 5.56 Å². The number of para-hydroxylation sites is 1. The second-order valence-corrected chi connectivity index (χ2v) is 5.87. The van der Waals surface area contributed by atoms with Crippen molar-refractivity contribution in [3.63, 3.8) is 0 Å². The van der Waals surface area contributed by atoms with Crippen LogP contribution in [0.3, 0.4) is 0 Å². The highest BCUT2D eigenvalue weighted by molar-refractivity contribution is 6.32. The summed E-state index contributed by atoms with van der Waals surface area (Å²) < 4.78 is 1.59. The molecule has 5 heteroatoms. The maximum absolute atomic E-state index is 11.5. The molecule has 3 rings (SSSR count). The number of hydrogen-bond acceptors (Lipinski definition) is 2. The van der Waals surface area contributed by atoms with E-state index in [0.29, 0.717) is 22.0 Å². The van der Waals surface area contributed by atoms with Crippen LogP contribution in [0.15, 0.2) is 30.5 Å². The molecule has 1 N–H and O–H groups in total. The normalized spacial score (nSPS) is 16.0. The van der Waals surface area contributed by atoms with E-state index in [2.05, 4.69) is 5.10 Å². The lowest BCUT2D eigenvalue weighted by molar-refractivity contribution is 0.0694. The summed E-state index contributed by atoms with van der Waals surface area (Å²) >= 11 is 6.18. The Kier molecular flexibility index (Phi) is 3.97. The third-order valence-electron chi connectivity index (χ3n) is 4.06. The monoisotopic (exact) mass is 304 g/mol. The summed E-state index contributed by atoms with van der Waals surface area (Å²) in [7, 11) is 0. The van der Waals surface area contributed by atoms with Crippen LogP contribution in [0.1, 0.15) is 54.1 Å². The van der Waals surface area contributed by atoms with Crippen molar-refractivity contribution in [1.29, 1.82) is 0 Å². The van der Waals surface area contributed by atoms with Gasteiger partial charge in [0.05, 0.1) is 16.4 Å². The summed E-state index contributed by atoms with van der Waals surface area (Å²) in [5, 5.41) is 14.5. The third kappa shape index (κ3) is 2.81. The van der Waals surface area contributed by atoms with Crippen LogP contribution in [0.2, 0.25) is 5.02 Å². The van der Waals surface area contributed by atoms with E-state index in [1.54, 1.807) is 16.9 Å². The van der Waals surface area contributed by atoms with Crippen LogP contribution in [0, 0.1) is 0 Å². The first-order valence-corrected chi connectivity index (χ1v) is 7.62. The zero-order valence-electron chi connectivity index (χ0n) is 11.6. The van der Waals surface area contributed by atoms with E-state index in [4.69, 9.17) is 11.6 Å². The van der Waals surface area contributed by atoms with E-state index in [9.17, 15) is 9.90 Å². The zero-order chi connectivity index (χ0) is 14.8. The highest BCUT2D eigenvalue weighted by Gasteiger charge is 2.25. The van der Waals surface area contributed by atoms with E-state index < -0.39 is 5.97 Å². The van der Waals surface area contributed by atoms with Gasteiger partial charge in [-0.1, -0.05) is 43.0 Å². The van der Waals surface area contributed by atoms with E-state index >= 15 is 0 Å². The minimum Gasteiger partial charge on any atom is -0.478 e. The second kappa shape index (κ2) is 5.90. The minimum absolute atomic E-state index is 0.244. The summed E-state index contributed by atoms with van der Waals surface area (Å²) in [5.74, 6) is -0.678. The fourth-order valence-corrected chi connectivity index (χ4v) is 3.21. The molecule has 0 atom stereocenters. The molecule has 1 saturated carbocycles. The van der Waals surface area contributed by atoms with Gasteiger partial charge in [0.15, 0.2) is 0 Å². The van der Waals surface area contributed by atoms with Gasteiger partial charge in [0.25, 0.3) is 0 Å². The number of benzene rings is 1. The summed E-state index contributed by atoms with van der Waals surface area (Å²) in [5.41, 5.74) is 1.70. The van der Waals surface area contributed by atoms with Crippen LogP contribution in [0.25, 0.3) is 5.69 Å². The quantitative estimate of drug-likeness (QED) is 0.921. The Hall–Kier alpha value is -1.81. The Balaban J connectivity index is 2.04. The fourth-order valence-electron chi connectivity index (χ4n) is 2.99. The highest BCUT2D eigenvalue weighted by atomic mass is 35.5. The Morgan fingerprint density at radius 2 is 1.95 bits per heavy atom. The predicted octanol–water partition coefficient (Wildman–Crippen LogP) is 4.27. The van der Waals surface area contributed by atoms with Crippen molar-refractivity contribution in [3.05, 3.63) is 46.7 Å². The number of carboxylic acids is 1. The summed E-state index contributed by atoms with van der Waals surface area (Å²) in [6, 6.07) is 7.32. The fraction of sp³-hybridized carbons (Fsp3) is 0.375. The van der Waals surface area contributed by atoms with E-state index in [0.717, 1.165) is 25.7 Å². The van der Waals surface area contributed by atoms with Crippen molar-refractivity contribution in [3.8, 4) is 5.69 Å². The second-order valence-electron chi connectivity index (χ2n) is 5.46. The molecule has 1 fully saturated rings. The third-order valence-corrected chi connectivity index (χ3v) is 4.38. The van der Waals surface area contributed by atoms with Crippen LogP contribution in [-0.2, 0) is 0 Å². The lowest BCUT2D eigenvalue weighted by Gasteiger charge is -2.20. The van der Waals surface area contributed by atoms with Gasteiger partial charge in [0.2, 0.25) is 0 Å². The Morgan fingerprint density at radius 3 is 2.62 bits per heavy atom. The molecule has 0 spiro atoms. The average Bonchev–Trinajstić information content (AvgIpc) is 2.94. The molecule has 110 valence electrons. The molecule has 1 heterocycles. The van der Waals surface area contributed by atoms with Gasteiger partial charge in [-0.2, -0.15) is 5.10 Å². The number of nitrogens with zero attached hydrogens (tertiary/aromatic N) is 2. The van der Waals surface area contributed by atoms with Crippen LogP contribution >= 0.6 is 11.6 Å². The molecular formula is C16H17ClN2O2. The van der Waals surface area contributed by atoms with Gasteiger partial charge in [0, 0.05) is 12.1 Å². The molecule has 1 aliphatic rings. The molecule has 0 saturated heterocycles. The topological polar surface area (TPSA) is 55.1 Å². The van der Waals surface area contributed by atoms with Gasteiger partial charge >= 0.3 is 5.97 Å². The number of carboxylic acid groups (broad SMARTS) is 1. The maximum Gasteiger partial charge on any atom is 0.339 e. The summed E-state index contributed by atoms with van der Waals surface area (Å²) in [6.45, 7) is 0. The van der Waals surface area contributed by atoms with Gasteiger partial charge < -0.3 is 5.11 Å². The van der Waals surface area contributed by atoms with Crippen molar-refractivity contribution in [2.24, 2.45) is 0 Å². The van der Waals surface area contributed by atoms with Crippen LogP contribution < -0.4 is 0 Å². The predicted molar refractivity (Wildman–Crippen MR) is 81.4 cm³/mol. The molecule has 0 radical (unpaired) electrons. The van der Waals surface area contributed by atoms with Gasteiger partial charge in [-0.05, 0) is 25.0 Å². The maximum atomic E-state index is 11.5. The van der Waals surface area contributed by atoms with Gasteiger partial charge in [-0.25, -0.2) is 9.48 Å². The van der Waals surface area contributed by atoms with E-state index in [1.807, 2.05) is 18.2 Å². The number of aromatic nitrogens is 2. The van der Waals surface area contributed by atoms with Crippen LogP contribution in [0.5, 0.6) is 0 Å². The Morgan fingerprint density at radius 1 is 1.24 bits per heavy atom. The average molecular weight is 305 g/mol. The lowest BCUT2D eigenvalue weighted by atomic mass is 9.85. The summed E-state index contributed by atoms with van der Waals surface area (Å²) in [4.78, 5) is 11.5. The Labute approximate surface area is 128 Å². The largest absolute Gasteiger partial charge is 0.478 e. The van der Waals surface area contributed by atoms with Crippen LogP contribution in [-0.4, -0.2) is 20.9 Å². The van der Waals surface area contributed by atoms with E-state index in [-0.39, 0.29) is 5.92 Å². The molecule has 21 heavy (non-hydrogen) atoms. The number of hydrogen-bond donors (Lipinski definition) is 1.